The lowest BCUT2D eigenvalue weighted by atomic mass is 9.91. The zero-order valence-electron chi connectivity index (χ0n) is 7.46. The summed E-state index contributed by atoms with van der Waals surface area (Å²) in [6.07, 6.45) is 2.64. The summed E-state index contributed by atoms with van der Waals surface area (Å²) in [7, 11) is 0. The van der Waals surface area contributed by atoms with E-state index in [0.29, 0.717) is 0 Å². The summed E-state index contributed by atoms with van der Waals surface area (Å²) in [4.78, 5) is 0. The van der Waals surface area contributed by atoms with Gasteiger partial charge in [-0.3, -0.25) is 0 Å². The van der Waals surface area contributed by atoms with Gasteiger partial charge in [0, 0.05) is 37.2 Å². The van der Waals surface area contributed by atoms with Gasteiger partial charge >= 0.3 is 0 Å². The molecule has 0 aromatic carbocycles. The van der Waals surface area contributed by atoms with Crippen molar-refractivity contribution in [1.82, 2.24) is 10.6 Å². The van der Waals surface area contributed by atoms with E-state index in [1.54, 1.807) is 0 Å². The van der Waals surface area contributed by atoms with Gasteiger partial charge in [-0.1, -0.05) is 0 Å². The van der Waals surface area contributed by atoms with Crippen molar-refractivity contribution in [2.45, 2.75) is 18.9 Å². The highest BCUT2D eigenvalue weighted by Gasteiger charge is 2.24. The molecule has 1 unspecified atom stereocenters. The number of rotatable bonds is 1. The van der Waals surface area contributed by atoms with E-state index in [4.69, 9.17) is 0 Å². The van der Waals surface area contributed by atoms with Crippen LogP contribution in [0.3, 0.4) is 0 Å². The summed E-state index contributed by atoms with van der Waals surface area (Å²) < 4.78 is 0. The molecule has 0 saturated carbocycles. The number of hydrogen-bond acceptors (Lipinski definition) is 2. The SMILES string of the molecule is C1CC(C2CSCCN2)CC[N]1. The Bertz CT molecular complexity index is 112. The molecule has 0 aliphatic carbocycles. The Kier molecular flexibility index (Phi) is 3.31. The van der Waals surface area contributed by atoms with Crippen LogP contribution >= 0.6 is 11.8 Å². The third kappa shape index (κ3) is 2.15. The second-order valence-corrected chi connectivity index (χ2v) is 4.79. The Morgan fingerprint density at radius 1 is 1.25 bits per heavy atom. The smallest absolute Gasteiger partial charge is 0.0187 e. The van der Waals surface area contributed by atoms with Crippen molar-refractivity contribution >= 4 is 11.8 Å². The lowest BCUT2D eigenvalue weighted by Crippen LogP contribution is -2.45. The monoisotopic (exact) mass is 185 g/mol. The van der Waals surface area contributed by atoms with Crippen molar-refractivity contribution < 1.29 is 0 Å². The van der Waals surface area contributed by atoms with Crippen molar-refractivity contribution in [2.24, 2.45) is 5.92 Å². The van der Waals surface area contributed by atoms with Gasteiger partial charge in [0.25, 0.3) is 0 Å². The van der Waals surface area contributed by atoms with E-state index < -0.39 is 0 Å². The van der Waals surface area contributed by atoms with E-state index >= 15 is 0 Å². The fraction of sp³-hybridized carbons (Fsp3) is 1.00. The molecule has 1 atom stereocenters. The number of thioether (sulfide) groups is 1. The normalized spacial score (nSPS) is 33.5. The average Bonchev–Trinajstić information content (AvgIpc) is 2.21. The van der Waals surface area contributed by atoms with Gasteiger partial charge in [0.05, 0.1) is 0 Å². The molecule has 2 rings (SSSR count). The van der Waals surface area contributed by atoms with Gasteiger partial charge < -0.3 is 5.32 Å². The molecule has 2 nitrogen and oxygen atoms in total. The van der Waals surface area contributed by atoms with Crippen LogP contribution in [-0.2, 0) is 0 Å². The maximum absolute atomic E-state index is 4.39. The third-order valence-electron chi connectivity index (χ3n) is 2.84. The molecule has 1 radical (unpaired) electrons. The highest BCUT2D eigenvalue weighted by molar-refractivity contribution is 7.99. The molecule has 2 aliphatic heterocycles. The van der Waals surface area contributed by atoms with E-state index in [1.807, 2.05) is 0 Å². The van der Waals surface area contributed by atoms with Crippen molar-refractivity contribution in [3.63, 3.8) is 0 Å². The van der Waals surface area contributed by atoms with Crippen LogP contribution in [0.4, 0.5) is 0 Å². The topological polar surface area (TPSA) is 26.1 Å². The van der Waals surface area contributed by atoms with Crippen LogP contribution in [0.25, 0.3) is 0 Å². The van der Waals surface area contributed by atoms with Crippen molar-refractivity contribution in [3.05, 3.63) is 0 Å². The minimum atomic E-state index is 0.791. The Morgan fingerprint density at radius 3 is 2.75 bits per heavy atom. The molecule has 2 heterocycles. The molecule has 0 spiro atoms. The lowest BCUT2D eigenvalue weighted by Gasteiger charge is -2.33. The fourth-order valence-electron chi connectivity index (χ4n) is 2.06. The predicted octanol–water partition coefficient (Wildman–Crippen LogP) is 0.706. The van der Waals surface area contributed by atoms with Crippen molar-refractivity contribution in [2.75, 3.05) is 31.1 Å². The zero-order chi connectivity index (χ0) is 8.23. The van der Waals surface area contributed by atoms with Crippen molar-refractivity contribution in [1.29, 1.82) is 0 Å². The quantitative estimate of drug-likeness (QED) is 0.651. The van der Waals surface area contributed by atoms with Crippen LogP contribution in [0, 0.1) is 5.92 Å². The Balaban J connectivity index is 1.80. The minimum Gasteiger partial charge on any atom is -0.312 e. The molecule has 2 fully saturated rings. The molecule has 0 amide bonds. The van der Waals surface area contributed by atoms with Gasteiger partial charge in [-0.25, -0.2) is 5.32 Å². The van der Waals surface area contributed by atoms with Gasteiger partial charge in [0.2, 0.25) is 0 Å². The molecule has 0 bridgehead atoms. The summed E-state index contributed by atoms with van der Waals surface area (Å²) >= 11 is 2.10. The molecule has 2 aliphatic rings. The maximum Gasteiger partial charge on any atom is 0.0187 e. The molecule has 2 saturated heterocycles. The number of nitrogens with one attached hydrogen (secondary N) is 1. The highest BCUT2D eigenvalue weighted by Crippen LogP contribution is 2.22. The molecule has 1 N–H and O–H groups in total. The molecule has 12 heavy (non-hydrogen) atoms. The first-order chi connectivity index (χ1) is 5.97. The molecular formula is C9H17N2S. The van der Waals surface area contributed by atoms with Crippen LogP contribution in [0.15, 0.2) is 0 Å². The maximum atomic E-state index is 4.39. The van der Waals surface area contributed by atoms with Crippen LogP contribution < -0.4 is 10.6 Å². The van der Waals surface area contributed by atoms with Gasteiger partial charge in [0.1, 0.15) is 0 Å². The fourth-order valence-corrected chi connectivity index (χ4v) is 3.13. The molecule has 69 valence electrons. The first kappa shape index (κ1) is 8.85. The lowest BCUT2D eigenvalue weighted by molar-refractivity contribution is 0.294. The van der Waals surface area contributed by atoms with Crippen LogP contribution in [-0.4, -0.2) is 37.2 Å². The Morgan fingerprint density at radius 2 is 2.08 bits per heavy atom. The van der Waals surface area contributed by atoms with Crippen LogP contribution in [0.2, 0.25) is 0 Å². The summed E-state index contributed by atoms with van der Waals surface area (Å²) in [5.41, 5.74) is 0. The molecule has 0 aromatic heterocycles. The third-order valence-corrected chi connectivity index (χ3v) is 3.92. The number of hydrogen-bond donors (Lipinski definition) is 1. The number of piperidine rings is 1. The van der Waals surface area contributed by atoms with Gasteiger partial charge in [-0.2, -0.15) is 11.8 Å². The van der Waals surface area contributed by atoms with Crippen LogP contribution in [0.5, 0.6) is 0 Å². The second-order valence-electron chi connectivity index (χ2n) is 3.64. The first-order valence-electron chi connectivity index (χ1n) is 4.91. The molecule has 0 aromatic rings. The Hall–Kier alpha value is 0.270. The molecular weight excluding hydrogens is 168 g/mol. The standard InChI is InChI=1S/C9H17N2S/c1-3-10-4-2-8(1)9-7-12-6-5-11-9/h8-9,11H,1-7H2. The highest BCUT2D eigenvalue weighted by atomic mass is 32.2. The van der Waals surface area contributed by atoms with Crippen molar-refractivity contribution in [3.8, 4) is 0 Å². The Labute approximate surface area is 78.9 Å². The van der Waals surface area contributed by atoms with Crippen LogP contribution in [0.1, 0.15) is 12.8 Å². The van der Waals surface area contributed by atoms with Gasteiger partial charge in [-0.15, -0.1) is 0 Å². The predicted molar refractivity (Wildman–Crippen MR) is 53.7 cm³/mol. The number of nitrogens with zero attached hydrogens (tertiary/aromatic N) is 1. The zero-order valence-corrected chi connectivity index (χ0v) is 8.28. The van der Waals surface area contributed by atoms with E-state index in [2.05, 4.69) is 22.4 Å². The van der Waals surface area contributed by atoms with E-state index in [1.165, 1.54) is 30.9 Å². The second kappa shape index (κ2) is 4.49. The average molecular weight is 185 g/mol. The minimum absolute atomic E-state index is 0.791. The summed E-state index contributed by atoms with van der Waals surface area (Å²) in [5.74, 6) is 3.54. The van der Waals surface area contributed by atoms with E-state index in [0.717, 1.165) is 25.0 Å². The summed E-state index contributed by atoms with van der Waals surface area (Å²) in [6.45, 7) is 3.42. The largest absolute Gasteiger partial charge is 0.312 e. The summed E-state index contributed by atoms with van der Waals surface area (Å²) in [6, 6.07) is 0.791. The molecule has 3 heteroatoms. The van der Waals surface area contributed by atoms with Gasteiger partial charge in [0.15, 0.2) is 0 Å². The van der Waals surface area contributed by atoms with Gasteiger partial charge in [-0.05, 0) is 18.8 Å². The first-order valence-corrected chi connectivity index (χ1v) is 6.06. The summed E-state index contributed by atoms with van der Waals surface area (Å²) in [5, 5.41) is 8.01. The van der Waals surface area contributed by atoms with E-state index in [-0.39, 0.29) is 0 Å². The van der Waals surface area contributed by atoms with E-state index in [9.17, 15) is 0 Å².